The molecule has 3 heterocycles. The molecule has 6 nitrogen and oxygen atoms in total. The molecule has 0 spiro atoms. The number of nitrogens with zero attached hydrogens (tertiary/aromatic N) is 4. The van der Waals surface area contributed by atoms with Crippen molar-refractivity contribution in [1.82, 2.24) is 19.4 Å². The third kappa shape index (κ3) is 1.22. The number of thiazole rings is 1. The van der Waals surface area contributed by atoms with Gasteiger partial charge in [-0.1, -0.05) is 0 Å². The average Bonchev–Trinajstić information content (AvgIpc) is 2.83. The molecule has 0 radical (unpaired) electrons. The van der Waals surface area contributed by atoms with Gasteiger partial charge in [0.05, 0.1) is 17.6 Å². The van der Waals surface area contributed by atoms with E-state index in [1.165, 1.54) is 17.5 Å². The maximum Gasteiger partial charge on any atom is 0.220 e. The lowest BCUT2D eigenvalue weighted by Crippen LogP contribution is -2.01. The molecule has 0 aliphatic carbocycles. The van der Waals surface area contributed by atoms with Crippen molar-refractivity contribution in [2.45, 2.75) is 0 Å². The van der Waals surface area contributed by atoms with Crippen molar-refractivity contribution in [2.75, 3.05) is 11.5 Å². The summed E-state index contributed by atoms with van der Waals surface area (Å²) in [6, 6.07) is 0. The summed E-state index contributed by atoms with van der Waals surface area (Å²) in [6.07, 6.45) is 5.10. The monoisotopic (exact) mass is 232 g/mol. The van der Waals surface area contributed by atoms with E-state index in [0.717, 1.165) is 10.7 Å². The maximum absolute atomic E-state index is 5.83. The molecule has 4 N–H and O–H groups in total. The Morgan fingerprint density at radius 2 is 2.12 bits per heavy atom. The lowest BCUT2D eigenvalue weighted by atomic mass is 10.3. The number of anilines is 2. The zero-order valence-electron chi connectivity index (χ0n) is 8.16. The van der Waals surface area contributed by atoms with Crippen molar-refractivity contribution in [3.05, 3.63) is 24.0 Å². The second-order valence-electron chi connectivity index (χ2n) is 3.23. The van der Waals surface area contributed by atoms with Gasteiger partial charge in [-0.2, -0.15) is 0 Å². The van der Waals surface area contributed by atoms with Crippen LogP contribution in [0.15, 0.2) is 24.0 Å². The minimum atomic E-state index is 0.212. The van der Waals surface area contributed by atoms with E-state index in [4.69, 9.17) is 11.5 Å². The number of rotatable bonds is 1. The minimum absolute atomic E-state index is 0.212. The normalized spacial score (nSPS) is 11.0. The fourth-order valence-corrected chi connectivity index (χ4v) is 2.34. The highest BCUT2D eigenvalue weighted by Crippen LogP contribution is 2.27. The Hall–Kier alpha value is -2.15. The molecular weight excluding hydrogens is 224 g/mol. The molecule has 3 rings (SSSR count). The molecule has 0 atom stereocenters. The van der Waals surface area contributed by atoms with Crippen molar-refractivity contribution >= 4 is 27.9 Å². The van der Waals surface area contributed by atoms with Crippen LogP contribution in [0.5, 0.6) is 0 Å². The fraction of sp³-hybridized carbons (Fsp3) is 0. The van der Waals surface area contributed by atoms with Gasteiger partial charge in [0.2, 0.25) is 5.95 Å². The highest BCUT2D eigenvalue weighted by Gasteiger charge is 2.11. The van der Waals surface area contributed by atoms with Crippen molar-refractivity contribution < 1.29 is 0 Å². The summed E-state index contributed by atoms with van der Waals surface area (Å²) < 4.78 is 1.92. The van der Waals surface area contributed by atoms with Crippen LogP contribution < -0.4 is 11.5 Å². The molecule has 0 aromatic carbocycles. The van der Waals surface area contributed by atoms with E-state index in [-0.39, 0.29) is 5.95 Å². The van der Waals surface area contributed by atoms with Crippen LogP contribution in [0.4, 0.5) is 11.6 Å². The van der Waals surface area contributed by atoms with Crippen LogP contribution in [0.25, 0.3) is 16.3 Å². The molecule has 0 saturated carbocycles. The van der Waals surface area contributed by atoms with Crippen LogP contribution >= 0.6 is 11.3 Å². The molecule has 0 aliphatic heterocycles. The number of hydrogen-bond acceptors (Lipinski definition) is 6. The highest BCUT2D eigenvalue weighted by molar-refractivity contribution is 7.15. The van der Waals surface area contributed by atoms with Crippen LogP contribution in [0, 0.1) is 0 Å². The Kier molecular flexibility index (Phi) is 1.80. The quantitative estimate of drug-likeness (QED) is 0.653. The Morgan fingerprint density at radius 1 is 1.25 bits per heavy atom. The van der Waals surface area contributed by atoms with Crippen molar-refractivity contribution in [2.24, 2.45) is 0 Å². The molecular formula is C9H8N6S. The number of nitrogens with two attached hydrogens (primary N) is 2. The summed E-state index contributed by atoms with van der Waals surface area (Å²) in [6.45, 7) is 0. The van der Waals surface area contributed by atoms with Crippen molar-refractivity contribution in [3.8, 4) is 11.4 Å². The van der Waals surface area contributed by atoms with E-state index in [2.05, 4.69) is 15.0 Å². The first kappa shape index (κ1) is 9.10. The number of aromatic nitrogens is 4. The molecule has 80 valence electrons. The standard InChI is InChI=1S/C9H8N6S/c10-5-3-13-8(11)14-7(5)6-4-16-9-12-1-2-15(6)9/h1-4H,10H2,(H2,11,13,14). The summed E-state index contributed by atoms with van der Waals surface area (Å²) in [5.41, 5.74) is 13.4. The number of imidazole rings is 1. The molecule has 0 unspecified atom stereocenters. The van der Waals surface area contributed by atoms with E-state index in [1.54, 1.807) is 6.20 Å². The molecule has 0 bridgehead atoms. The molecule has 16 heavy (non-hydrogen) atoms. The smallest absolute Gasteiger partial charge is 0.220 e. The molecule has 0 amide bonds. The van der Waals surface area contributed by atoms with E-state index in [1.807, 2.05) is 16.0 Å². The molecule has 3 aromatic heterocycles. The number of hydrogen-bond donors (Lipinski definition) is 2. The van der Waals surface area contributed by atoms with Gasteiger partial charge >= 0.3 is 0 Å². The Morgan fingerprint density at radius 3 is 3.00 bits per heavy atom. The zero-order chi connectivity index (χ0) is 11.1. The van der Waals surface area contributed by atoms with Gasteiger partial charge in [-0.15, -0.1) is 11.3 Å². The lowest BCUT2D eigenvalue weighted by Gasteiger charge is -2.03. The van der Waals surface area contributed by atoms with Crippen LogP contribution in [0.2, 0.25) is 0 Å². The first-order valence-corrected chi connectivity index (χ1v) is 5.42. The van der Waals surface area contributed by atoms with Crippen molar-refractivity contribution in [3.63, 3.8) is 0 Å². The minimum Gasteiger partial charge on any atom is -0.396 e. The Balaban J connectivity index is 2.30. The summed E-state index contributed by atoms with van der Waals surface area (Å²) in [5.74, 6) is 0.212. The average molecular weight is 232 g/mol. The molecule has 0 fully saturated rings. The van der Waals surface area contributed by atoms with Gasteiger partial charge in [0.1, 0.15) is 5.69 Å². The predicted octanol–water partition coefficient (Wildman–Crippen LogP) is 1.02. The van der Waals surface area contributed by atoms with Crippen LogP contribution in [-0.4, -0.2) is 19.4 Å². The highest BCUT2D eigenvalue weighted by atomic mass is 32.1. The summed E-state index contributed by atoms with van der Waals surface area (Å²) in [5, 5.41) is 1.94. The summed E-state index contributed by atoms with van der Waals surface area (Å²) >= 11 is 1.53. The van der Waals surface area contributed by atoms with Crippen LogP contribution in [0.1, 0.15) is 0 Å². The van der Waals surface area contributed by atoms with Gasteiger partial charge in [-0.3, -0.25) is 4.40 Å². The van der Waals surface area contributed by atoms with E-state index in [9.17, 15) is 0 Å². The summed E-state index contributed by atoms with van der Waals surface area (Å²) in [4.78, 5) is 13.1. The Labute approximate surface area is 94.6 Å². The van der Waals surface area contributed by atoms with Gasteiger partial charge in [-0.25, -0.2) is 15.0 Å². The first-order chi connectivity index (χ1) is 7.75. The second-order valence-corrected chi connectivity index (χ2v) is 4.07. The Bertz CT molecular complexity index is 655. The lowest BCUT2D eigenvalue weighted by molar-refractivity contribution is 1.15. The first-order valence-electron chi connectivity index (χ1n) is 4.54. The molecule has 3 aromatic rings. The van der Waals surface area contributed by atoms with E-state index < -0.39 is 0 Å². The SMILES string of the molecule is Nc1ncc(N)c(-c2csc3nccn23)n1. The van der Waals surface area contributed by atoms with E-state index >= 15 is 0 Å². The number of nitrogen functional groups attached to an aromatic ring is 2. The van der Waals surface area contributed by atoms with E-state index in [0.29, 0.717) is 11.4 Å². The largest absolute Gasteiger partial charge is 0.396 e. The van der Waals surface area contributed by atoms with Crippen LogP contribution in [0.3, 0.4) is 0 Å². The number of fused-ring (bicyclic) bond motifs is 1. The second kappa shape index (κ2) is 3.17. The van der Waals surface area contributed by atoms with Crippen LogP contribution in [-0.2, 0) is 0 Å². The summed E-state index contributed by atoms with van der Waals surface area (Å²) in [7, 11) is 0. The topological polar surface area (TPSA) is 95.1 Å². The third-order valence-corrected chi connectivity index (χ3v) is 3.07. The van der Waals surface area contributed by atoms with Gasteiger partial charge in [0.15, 0.2) is 4.96 Å². The fourth-order valence-electron chi connectivity index (χ4n) is 1.51. The van der Waals surface area contributed by atoms with Gasteiger partial charge in [0, 0.05) is 17.8 Å². The molecule has 0 aliphatic rings. The zero-order valence-corrected chi connectivity index (χ0v) is 8.98. The maximum atomic E-state index is 5.83. The predicted molar refractivity (Wildman–Crippen MR) is 62.9 cm³/mol. The van der Waals surface area contributed by atoms with Gasteiger partial charge < -0.3 is 11.5 Å². The molecule has 7 heteroatoms. The van der Waals surface area contributed by atoms with Crippen molar-refractivity contribution in [1.29, 1.82) is 0 Å². The molecule has 0 saturated heterocycles. The van der Waals surface area contributed by atoms with Gasteiger partial charge in [0.25, 0.3) is 0 Å². The third-order valence-electron chi connectivity index (χ3n) is 2.22. The van der Waals surface area contributed by atoms with Gasteiger partial charge in [-0.05, 0) is 0 Å².